The number of H-pyrrole nitrogens is 1. The number of carboxylic acid groups (broad SMARTS) is 1. The summed E-state index contributed by atoms with van der Waals surface area (Å²) >= 11 is 0. The number of carbonyl (C=O) groups is 3. The van der Waals surface area contributed by atoms with Gasteiger partial charge in [-0.3, -0.25) is 18.8 Å². The number of hydrogen-bond donors (Lipinski definition) is 5. The van der Waals surface area contributed by atoms with Crippen LogP contribution >= 0.6 is 0 Å². The number of nitrogens with zero attached hydrogens (tertiary/aromatic N) is 3. The summed E-state index contributed by atoms with van der Waals surface area (Å²) in [5.41, 5.74) is 1.21. The van der Waals surface area contributed by atoms with Gasteiger partial charge in [0.15, 0.2) is 11.5 Å². The predicted octanol–water partition coefficient (Wildman–Crippen LogP) is -0.0561. The highest BCUT2D eigenvalue weighted by molar-refractivity contribution is 5.94. The van der Waals surface area contributed by atoms with Crippen LogP contribution in [0.1, 0.15) is 29.0 Å². The fourth-order valence-electron chi connectivity index (χ4n) is 3.42. The number of nitrogens with one attached hydrogen (secondary N) is 3. The smallest absolute Gasteiger partial charge is 0.290 e. The summed E-state index contributed by atoms with van der Waals surface area (Å²) < 4.78 is 1.81. The molecule has 2 amide bonds. The maximum Gasteiger partial charge on any atom is 0.290 e. The monoisotopic (exact) mass is 414 g/mol. The van der Waals surface area contributed by atoms with Crippen LogP contribution in [0.2, 0.25) is 0 Å². The van der Waals surface area contributed by atoms with Gasteiger partial charge in [0, 0.05) is 24.5 Å². The van der Waals surface area contributed by atoms with Gasteiger partial charge in [-0.05, 0) is 31.0 Å². The van der Waals surface area contributed by atoms with Crippen LogP contribution in [0.3, 0.4) is 0 Å². The molecular weight excluding hydrogens is 392 g/mol. The van der Waals surface area contributed by atoms with Gasteiger partial charge >= 0.3 is 0 Å². The summed E-state index contributed by atoms with van der Waals surface area (Å²) in [4.78, 5) is 35.8. The first kappa shape index (κ1) is 21.0. The van der Waals surface area contributed by atoms with E-state index < -0.39 is 12.1 Å². The highest BCUT2D eigenvalue weighted by Gasteiger charge is 2.37. The van der Waals surface area contributed by atoms with E-state index >= 15 is 0 Å². The number of aliphatic hydroxyl groups excluding tert-OH is 1. The van der Waals surface area contributed by atoms with Crippen molar-refractivity contribution in [3.05, 3.63) is 54.2 Å². The molecule has 0 saturated heterocycles. The molecule has 0 spiro atoms. The molecular formula is C19H22N6O5. The predicted molar refractivity (Wildman–Crippen MR) is 104 cm³/mol. The zero-order valence-corrected chi connectivity index (χ0v) is 15.9. The largest absolute Gasteiger partial charge is 0.483 e. The second-order valence-electron chi connectivity index (χ2n) is 6.78. The number of fused-ring (bicyclic) bond motifs is 1. The molecule has 0 aliphatic heterocycles. The van der Waals surface area contributed by atoms with Gasteiger partial charge < -0.3 is 25.8 Å². The van der Waals surface area contributed by atoms with Gasteiger partial charge in [0.1, 0.15) is 0 Å². The Balaban J connectivity index is 0.000000806. The molecule has 3 heterocycles. The second kappa shape index (κ2) is 9.65. The standard InChI is InChI=1S/C18H20N6O3.CH2O2/c25-14-8-12(7-13(14)21-18(27)11-4-5-19-9-11)17(26)20-10-16-23-22-15-3-1-2-6-24(15)16;2-1-3/h1-6,9,12-14,19,25H,7-8,10H2,(H,20,26)(H,21,27);1H,(H,2,3)/t12-,13+,14+;/m0./s1. The van der Waals surface area contributed by atoms with E-state index in [0.717, 1.165) is 0 Å². The number of amides is 2. The lowest BCUT2D eigenvalue weighted by molar-refractivity contribution is -0.125. The van der Waals surface area contributed by atoms with Gasteiger partial charge in [-0.1, -0.05) is 6.07 Å². The maximum atomic E-state index is 12.5. The van der Waals surface area contributed by atoms with E-state index in [-0.39, 0.29) is 30.7 Å². The van der Waals surface area contributed by atoms with Crippen molar-refractivity contribution in [2.45, 2.75) is 31.5 Å². The molecule has 1 aliphatic carbocycles. The Morgan fingerprint density at radius 3 is 2.80 bits per heavy atom. The number of carbonyl (C=O) groups excluding carboxylic acids is 2. The number of rotatable bonds is 5. The highest BCUT2D eigenvalue weighted by atomic mass is 16.3. The fraction of sp³-hybridized carbons (Fsp3) is 0.316. The summed E-state index contributed by atoms with van der Waals surface area (Å²) in [6.45, 7) is -0.00299. The Hall–Kier alpha value is -3.73. The molecule has 0 unspecified atom stereocenters. The SMILES string of the molecule is O=C(N[C@@H]1C[C@H](C(=O)NCc2nnc3ccccn23)C[C@H]1O)c1cc[nH]c1.O=CO. The third-order valence-electron chi connectivity index (χ3n) is 4.88. The topological polar surface area (TPSA) is 162 Å². The Kier molecular flexibility index (Phi) is 6.75. The van der Waals surface area contributed by atoms with Crippen LogP contribution in [0.25, 0.3) is 5.65 Å². The molecule has 1 saturated carbocycles. The Morgan fingerprint density at radius 1 is 1.27 bits per heavy atom. The molecule has 11 nitrogen and oxygen atoms in total. The molecule has 0 aromatic carbocycles. The number of aromatic amines is 1. The van der Waals surface area contributed by atoms with Gasteiger partial charge in [0.2, 0.25) is 5.91 Å². The van der Waals surface area contributed by atoms with Gasteiger partial charge in [0.25, 0.3) is 12.4 Å². The van der Waals surface area contributed by atoms with Gasteiger partial charge in [-0.15, -0.1) is 10.2 Å². The van der Waals surface area contributed by atoms with Crippen LogP contribution in [0, 0.1) is 5.92 Å². The molecule has 11 heteroatoms. The van der Waals surface area contributed by atoms with Gasteiger partial charge in [0.05, 0.1) is 24.3 Å². The van der Waals surface area contributed by atoms with E-state index in [1.165, 1.54) is 0 Å². The third kappa shape index (κ3) is 4.81. The van der Waals surface area contributed by atoms with Crippen molar-refractivity contribution >= 4 is 23.9 Å². The molecule has 4 rings (SSSR count). The first-order chi connectivity index (χ1) is 14.5. The van der Waals surface area contributed by atoms with E-state index in [2.05, 4.69) is 25.8 Å². The minimum Gasteiger partial charge on any atom is -0.483 e. The number of aliphatic hydroxyl groups is 1. The molecule has 3 aromatic heterocycles. The first-order valence-corrected chi connectivity index (χ1v) is 9.29. The van der Waals surface area contributed by atoms with Gasteiger partial charge in [-0.25, -0.2) is 0 Å². The van der Waals surface area contributed by atoms with E-state index in [4.69, 9.17) is 9.90 Å². The average molecular weight is 414 g/mol. The van der Waals surface area contributed by atoms with E-state index in [0.29, 0.717) is 29.9 Å². The summed E-state index contributed by atoms with van der Waals surface area (Å²) in [7, 11) is 0. The van der Waals surface area contributed by atoms with Crippen LogP contribution in [-0.4, -0.2) is 60.2 Å². The Labute approximate surface area is 171 Å². The van der Waals surface area contributed by atoms with Crippen molar-refractivity contribution < 1.29 is 24.6 Å². The van der Waals surface area contributed by atoms with Crippen LogP contribution < -0.4 is 10.6 Å². The van der Waals surface area contributed by atoms with E-state index in [1.54, 1.807) is 18.5 Å². The van der Waals surface area contributed by atoms with Crippen LogP contribution in [0.5, 0.6) is 0 Å². The molecule has 1 fully saturated rings. The lowest BCUT2D eigenvalue weighted by Crippen LogP contribution is -2.40. The zero-order chi connectivity index (χ0) is 21.5. The van der Waals surface area contributed by atoms with E-state index in [1.807, 2.05) is 28.8 Å². The lowest BCUT2D eigenvalue weighted by Gasteiger charge is -2.15. The van der Waals surface area contributed by atoms with Crippen molar-refractivity contribution in [3.8, 4) is 0 Å². The highest BCUT2D eigenvalue weighted by Crippen LogP contribution is 2.26. The molecule has 1 aliphatic rings. The molecule has 3 atom stereocenters. The normalized spacial score (nSPS) is 20.2. The third-order valence-corrected chi connectivity index (χ3v) is 4.88. The van der Waals surface area contributed by atoms with Crippen molar-refractivity contribution in [2.75, 3.05) is 0 Å². The van der Waals surface area contributed by atoms with Crippen LogP contribution in [0.15, 0.2) is 42.9 Å². The van der Waals surface area contributed by atoms with E-state index in [9.17, 15) is 14.7 Å². The molecule has 0 radical (unpaired) electrons. The molecule has 5 N–H and O–H groups in total. The molecule has 0 bridgehead atoms. The molecule has 3 aromatic rings. The number of pyridine rings is 1. The fourth-order valence-corrected chi connectivity index (χ4v) is 3.42. The second-order valence-corrected chi connectivity index (χ2v) is 6.78. The van der Waals surface area contributed by atoms with Gasteiger partial charge in [-0.2, -0.15) is 0 Å². The average Bonchev–Trinajstić information content (AvgIpc) is 3.47. The Bertz CT molecular complexity index is 1000. The van der Waals surface area contributed by atoms with Crippen LogP contribution in [-0.2, 0) is 16.1 Å². The summed E-state index contributed by atoms with van der Waals surface area (Å²) in [5.74, 6) is -0.165. The Morgan fingerprint density at radius 2 is 2.07 bits per heavy atom. The number of hydrogen-bond acceptors (Lipinski definition) is 6. The molecule has 30 heavy (non-hydrogen) atoms. The molecule has 158 valence electrons. The van der Waals surface area contributed by atoms with Crippen molar-refractivity contribution in [1.29, 1.82) is 0 Å². The minimum atomic E-state index is -0.752. The van der Waals surface area contributed by atoms with Crippen molar-refractivity contribution in [1.82, 2.24) is 30.2 Å². The summed E-state index contributed by atoms with van der Waals surface area (Å²) in [6, 6.07) is 6.78. The lowest BCUT2D eigenvalue weighted by atomic mass is 10.1. The first-order valence-electron chi connectivity index (χ1n) is 9.29. The van der Waals surface area contributed by atoms with Crippen LogP contribution in [0.4, 0.5) is 0 Å². The van der Waals surface area contributed by atoms with Crippen molar-refractivity contribution in [2.24, 2.45) is 5.92 Å². The number of aromatic nitrogens is 4. The summed E-state index contributed by atoms with van der Waals surface area (Å²) in [6.07, 6.45) is 5.03. The maximum absolute atomic E-state index is 12.5. The minimum absolute atomic E-state index is 0.167. The zero-order valence-electron chi connectivity index (χ0n) is 15.9. The van der Waals surface area contributed by atoms with Crippen molar-refractivity contribution in [3.63, 3.8) is 0 Å². The quantitative estimate of drug-likeness (QED) is 0.365. The summed E-state index contributed by atoms with van der Waals surface area (Å²) in [5, 5.41) is 30.9.